The number of aryl methyl sites for hydroxylation is 1. The molecule has 1 aliphatic heterocycles. The van der Waals surface area contributed by atoms with Crippen LogP contribution in [-0.2, 0) is 6.42 Å². The van der Waals surface area contributed by atoms with Gasteiger partial charge >= 0.3 is 0 Å². The van der Waals surface area contributed by atoms with Crippen molar-refractivity contribution in [2.24, 2.45) is 0 Å². The van der Waals surface area contributed by atoms with Gasteiger partial charge < -0.3 is 19.6 Å². The number of nitrogens with zero attached hydrogens (tertiary/aromatic N) is 3. The Labute approximate surface area is 183 Å². The summed E-state index contributed by atoms with van der Waals surface area (Å²) in [5, 5.41) is 12.5. The molecule has 0 atom stereocenters. The summed E-state index contributed by atoms with van der Waals surface area (Å²) in [6.45, 7) is 7.73. The maximum absolute atomic E-state index is 9.13. The molecule has 30 heavy (non-hydrogen) atoms. The molecular formula is C24H33N3O2S. The number of ether oxygens (including phenoxy) is 1. The molecule has 1 fully saturated rings. The summed E-state index contributed by atoms with van der Waals surface area (Å²) in [7, 11) is 1.70. The molecule has 1 saturated heterocycles. The molecule has 0 saturated carbocycles. The number of aliphatic hydroxyl groups excluding tert-OH is 1. The number of pyridine rings is 1. The monoisotopic (exact) mass is 427 g/mol. The SMILES string of the molecule is C.CCN1CCN(c2nc(-c3ccc(CCCO)c(OC)c3)cc3ccsc23)CC1. The zero-order valence-corrected chi connectivity index (χ0v) is 18.0. The standard InChI is InChI=1S/C23H29N3O2S.CH4/c1-3-25-9-11-26(12-10-25)23-22-19(8-14-29-22)15-20(24-23)18-7-6-17(5-4-13-27)21(16-18)28-2;/h6-8,14-16,27H,3-5,9-13H2,1-2H3;1H4. The Morgan fingerprint density at radius 1 is 1.13 bits per heavy atom. The molecule has 0 bridgehead atoms. The maximum atomic E-state index is 9.13. The summed E-state index contributed by atoms with van der Waals surface area (Å²) >= 11 is 1.77. The van der Waals surface area contributed by atoms with Gasteiger partial charge in [-0.15, -0.1) is 11.3 Å². The first-order chi connectivity index (χ1) is 14.2. The minimum atomic E-state index is 0. The van der Waals surface area contributed by atoms with Gasteiger partial charge in [0.2, 0.25) is 0 Å². The van der Waals surface area contributed by atoms with Crippen molar-refractivity contribution in [2.45, 2.75) is 27.2 Å². The van der Waals surface area contributed by atoms with Crippen molar-refractivity contribution in [2.75, 3.05) is 51.3 Å². The van der Waals surface area contributed by atoms with Gasteiger partial charge in [0.25, 0.3) is 0 Å². The number of aromatic nitrogens is 1. The smallest absolute Gasteiger partial charge is 0.147 e. The number of anilines is 1. The van der Waals surface area contributed by atoms with E-state index in [2.05, 4.69) is 52.4 Å². The van der Waals surface area contributed by atoms with Crippen LogP contribution < -0.4 is 9.64 Å². The van der Waals surface area contributed by atoms with Crippen LogP contribution in [0, 0.1) is 0 Å². The first-order valence-electron chi connectivity index (χ1n) is 10.4. The van der Waals surface area contributed by atoms with Gasteiger partial charge in [-0.2, -0.15) is 0 Å². The summed E-state index contributed by atoms with van der Waals surface area (Å²) in [5.41, 5.74) is 3.17. The van der Waals surface area contributed by atoms with Crippen LogP contribution in [0.3, 0.4) is 0 Å². The van der Waals surface area contributed by atoms with Gasteiger partial charge in [-0.25, -0.2) is 4.98 Å². The second-order valence-corrected chi connectivity index (χ2v) is 8.36. The average molecular weight is 428 g/mol. The molecule has 4 rings (SSSR count). The highest BCUT2D eigenvalue weighted by atomic mass is 32.1. The molecule has 0 aliphatic carbocycles. The summed E-state index contributed by atoms with van der Waals surface area (Å²) in [5.74, 6) is 1.97. The third-order valence-corrected chi connectivity index (χ3v) is 6.65. The predicted octanol–water partition coefficient (Wildman–Crippen LogP) is 4.67. The summed E-state index contributed by atoms with van der Waals surface area (Å²) in [4.78, 5) is 10.0. The lowest BCUT2D eigenvalue weighted by Crippen LogP contribution is -2.46. The van der Waals surface area contributed by atoms with E-state index < -0.39 is 0 Å². The summed E-state index contributed by atoms with van der Waals surface area (Å²) in [6, 6.07) is 10.7. The van der Waals surface area contributed by atoms with Crippen molar-refractivity contribution >= 4 is 27.2 Å². The van der Waals surface area contributed by atoms with Crippen LogP contribution in [0.1, 0.15) is 26.3 Å². The fourth-order valence-corrected chi connectivity index (χ4v) is 4.87. The highest BCUT2D eigenvalue weighted by Gasteiger charge is 2.20. The number of benzene rings is 1. The number of likely N-dealkylation sites (N-methyl/N-ethyl adjacent to an activating group) is 1. The van der Waals surface area contributed by atoms with Gasteiger partial charge in [-0.3, -0.25) is 0 Å². The molecule has 2 aromatic heterocycles. The van der Waals surface area contributed by atoms with E-state index in [0.29, 0.717) is 0 Å². The number of fused-ring (bicyclic) bond motifs is 1. The van der Waals surface area contributed by atoms with Gasteiger partial charge in [0.1, 0.15) is 11.6 Å². The van der Waals surface area contributed by atoms with Crippen LogP contribution in [0.4, 0.5) is 5.82 Å². The van der Waals surface area contributed by atoms with E-state index in [1.165, 1.54) is 10.1 Å². The molecule has 1 aromatic carbocycles. The lowest BCUT2D eigenvalue weighted by molar-refractivity contribution is 0.271. The highest BCUT2D eigenvalue weighted by Crippen LogP contribution is 2.35. The van der Waals surface area contributed by atoms with E-state index in [1.54, 1.807) is 18.4 Å². The second-order valence-electron chi connectivity index (χ2n) is 7.45. The Kier molecular flexibility index (Phi) is 7.69. The van der Waals surface area contributed by atoms with Crippen molar-refractivity contribution in [3.63, 3.8) is 0 Å². The minimum Gasteiger partial charge on any atom is -0.496 e. The van der Waals surface area contributed by atoms with Crippen LogP contribution in [0.15, 0.2) is 35.7 Å². The average Bonchev–Trinajstić information content (AvgIpc) is 3.25. The van der Waals surface area contributed by atoms with Crippen LogP contribution in [0.2, 0.25) is 0 Å². The number of aliphatic hydroxyl groups is 1. The van der Waals surface area contributed by atoms with E-state index in [4.69, 9.17) is 14.8 Å². The lowest BCUT2D eigenvalue weighted by Gasteiger charge is -2.35. The first kappa shape index (κ1) is 22.5. The van der Waals surface area contributed by atoms with Gasteiger partial charge in [0, 0.05) is 38.3 Å². The van der Waals surface area contributed by atoms with E-state index in [9.17, 15) is 0 Å². The molecule has 1 N–H and O–H groups in total. The maximum Gasteiger partial charge on any atom is 0.147 e. The quantitative estimate of drug-likeness (QED) is 0.594. The predicted molar refractivity (Wildman–Crippen MR) is 128 cm³/mol. The molecule has 162 valence electrons. The number of hydrogen-bond acceptors (Lipinski definition) is 6. The molecule has 1 aliphatic rings. The van der Waals surface area contributed by atoms with Crippen molar-refractivity contribution in [3.8, 4) is 17.0 Å². The minimum absolute atomic E-state index is 0. The Morgan fingerprint density at radius 3 is 2.63 bits per heavy atom. The number of hydrogen-bond donors (Lipinski definition) is 1. The van der Waals surface area contributed by atoms with Crippen LogP contribution in [0.5, 0.6) is 5.75 Å². The lowest BCUT2D eigenvalue weighted by atomic mass is 10.0. The molecule has 6 heteroatoms. The number of rotatable bonds is 7. The van der Waals surface area contributed by atoms with Crippen LogP contribution in [0.25, 0.3) is 21.3 Å². The Hall–Kier alpha value is -2.15. The fourth-order valence-electron chi connectivity index (χ4n) is 3.98. The molecule has 0 unspecified atom stereocenters. The van der Waals surface area contributed by atoms with Gasteiger partial charge in [0.15, 0.2) is 0 Å². The van der Waals surface area contributed by atoms with E-state index in [1.807, 2.05) is 0 Å². The number of thiophene rings is 1. The molecule has 3 heterocycles. The third-order valence-electron chi connectivity index (χ3n) is 5.72. The van der Waals surface area contributed by atoms with Gasteiger partial charge in [-0.05, 0) is 53.9 Å². The first-order valence-corrected chi connectivity index (χ1v) is 11.2. The molecular weight excluding hydrogens is 394 g/mol. The van der Waals surface area contributed by atoms with Crippen molar-refractivity contribution in [3.05, 3.63) is 41.3 Å². The third kappa shape index (κ3) is 4.61. The fraction of sp³-hybridized carbons (Fsp3) is 0.458. The zero-order chi connectivity index (χ0) is 20.2. The normalized spacial score (nSPS) is 14.7. The Morgan fingerprint density at radius 2 is 1.93 bits per heavy atom. The Balaban J connectivity index is 0.00000256. The molecule has 0 radical (unpaired) electrons. The van der Waals surface area contributed by atoms with E-state index in [0.717, 1.165) is 74.0 Å². The van der Waals surface area contributed by atoms with E-state index in [-0.39, 0.29) is 14.0 Å². The Bertz CT molecular complexity index is 964. The van der Waals surface area contributed by atoms with Gasteiger partial charge in [0.05, 0.1) is 17.5 Å². The molecule has 3 aromatic rings. The number of piperazine rings is 1. The van der Waals surface area contributed by atoms with E-state index >= 15 is 0 Å². The largest absolute Gasteiger partial charge is 0.496 e. The van der Waals surface area contributed by atoms with Crippen molar-refractivity contribution < 1.29 is 9.84 Å². The van der Waals surface area contributed by atoms with Gasteiger partial charge in [-0.1, -0.05) is 26.5 Å². The molecule has 5 nitrogen and oxygen atoms in total. The molecule has 0 amide bonds. The van der Waals surface area contributed by atoms with Crippen LogP contribution in [-0.4, -0.2) is 61.4 Å². The van der Waals surface area contributed by atoms with Crippen molar-refractivity contribution in [1.29, 1.82) is 0 Å². The topological polar surface area (TPSA) is 48.8 Å². The zero-order valence-electron chi connectivity index (χ0n) is 17.2. The van der Waals surface area contributed by atoms with Crippen LogP contribution >= 0.6 is 11.3 Å². The second kappa shape index (κ2) is 10.2. The summed E-state index contributed by atoms with van der Waals surface area (Å²) < 4.78 is 6.89. The number of methoxy groups -OCH3 is 1. The molecule has 0 spiro atoms. The van der Waals surface area contributed by atoms with Crippen molar-refractivity contribution in [1.82, 2.24) is 9.88 Å². The highest BCUT2D eigenvalue weighted by molar-refractivity contribution is 7.17. The summed E-state index contributed by atoms with van der Waals surface area (Å²) in [6.07, 6.45) is 1.55.